The molecule has 0 saturated heterocycles. The van der Waals surface area contributed by atoms with Gasteiger partial charge in [0.25, 0.3) is 0 Å². The zero-order valence-corrected chi connectivity index (χ0v) is 35.6. The molecule has 2 aromatic heterocycles. The Morgan fingerprint density at radius 2 is 0.984 bits per heavy atom. The largest absolute Gasteiger partial charge is 0.456 e. The molecule has 2 heterocycles. The summed E-state index contributed by atoms with van der Waals surface area (Å²) in [5.74, 6) is 0. The second-order valence-corrected chi connectivity index (χ2v) is 17.7. The van der Waals surface area contributed by atoms with E-state index < -0.39 is 0 Å². The van der Waals surface area contributed by atoms with Crippen LogP contribution in [0.25, 0.3) is 93.6 Å². The lowest BCUT2D eigenvalue weighted by Gasteiger charge is -2.29. The van der Waals surface area contributed by atoms with E-state index in [0.29, 0.717) is 0 Å². The summed E-state index contributed by atoms with van der Waals surface area (Å²) in [5, 5.41) is 7.11. The number of aromatic nitrogens is 1. The Hall–Kier alpha value is -8.14. The van der Waals surface area contributed by atoms with E-state index in [-0.39, 0.29) is 5.41 Å². The highest BCUT2D eigenvalue weighted by Crippen LogP contribution is 2.52. The van der Waals surface area contributed by atoms with Gasteiger partial charge in [-0.25, -0.2) is 0 Å². The van der Waals surface area contributed by atoms with Gasteiger partial charge in [0.2, 0.25) is 0 Å². The van der Waals surface area contributed by atoms with Crippen LogP contribution >= 0.6 is 0 Å². The summed E-state index contributed by atoms with van der Waals surface area (Å²) in [6, 6.07) is 79.6. The monoisotopic (exact) mass is 818 g/mol. The number of para-hydroxylation sites is 3. The first-order valence-corrected chi connectivity index (χ1v) is 22.2. The van der Waals surface area contributed by atoms with E-state index in [2.05, 4.69) is 242 Å². The standard InChI is InChI=1S/C61H42N2O/c1-61(2)53-24-9-5-17-46(53)51-23-13-21-45(60(51)61)39-29-31-42(32-30-39)62(43-33-35-44(36-34-43)63-55-26-11-6-18-47(55)48-19-7-12-27-56(48)63)54-25-10-8-20-49(54)50-22-14-28-57-59(50)52-37-40-15-3-4-16-41(40)38-58(52)64-57/h3-38H,1-2H3. The molecule has 0 radical (unpaired) electrons. The lowest BCUT2D eigenvalue weighted by molar-refractivity contribution is 0.662. The van der Waals surface area contributed by atoms with Crippen LogP contribution in [-0.2, 0) is 5.41 Å². The fraction of sp³-hybridized carbons (Fsp3) is 0.0492. The van der Waals surface area contributed by atoms with E-state index in [1.54, 1.807) is 0 Å². The van der Waals surface area contributed by atoms with Gasteiger partial charge in [-0.3, -0.25) is 0 Å². The molecule has 1 aliphatic carbocycles. The summed E-state index contributed by atoms with van der Waals surface area (Å²) in [5.41, 5.74) is 18.6. The second kappa shape index (κ2) is 13.9. The smallest absolute Gasteiger partial charge is 0.136 e. The molecule has 0 saturated carbocycles. The minimum atomic E-state index is -0.116. The van der Waals surface area contributed by atoms with E-state index in [9.17, 15) is 0 Å². The fourth-order valence-corrected chi connectivity index (χ4v) is 10.9. The Morgan fingerprint density at radius 3 is 1.73 bits per heavy atom. The van der Waals surface area contributed by atoms with Gasteiger partial charge in [-0.2, -0.15) is 0 Å². The van der Waals surface area contributed by atoms with Crippen molar-refractivity contribution in [2.45, 2.75) is 19.3 Å². The SMILES string of the molecule is CC1(C)c2ccccc2-c2cccc(-c3ccc(N(c4ccc(-n5c6ccccc6c6ccccc65)cc4)c4ccccc4-c4cccc5oc6cc7ccccc7cc6c45)cc3)c21. The molecule has 302 valence electrons. The van der Waals surface area contributed by atoms with Crippen molar-refractivity contribution in [2.75, 3.05) is 4.90 Å². The quantitative estimate of drug-likeness (QED) is 0.167. The van der Waals surface area contributed by atoms with Gasteiger partial charge in [0.1, 0.15) is 11.2 Å². The summed E-state index contributed by atoms with van der Waals surface area (Å²) in [4.78, 5) is 2.42. The Bertz CT molecular complexity index is 3760. The van der Waals surface area contributed by atoms with Crippen molar-refractivity contribution >= 4 is 71.6 Å². The van der Waals surface area contributed by atoms with Crippen LogP contribution in [0.1, 0.15) is 25.0 Å². The van der Waals surface area contributed by atoms with Crippen LogP contribution in [0.15, 0.2) is 223 Å². The number of rotatable bonds is 6. The van der Waals surface area contributed by atoms with Crippen molar-refractivity contribution in [3.8, 4) is 39.1 Å². The highest BCUT2D eigenvalue weighted by atomic mass is 16.3. The summed E-state index contributed by atoms with van der Waals surface area (Å²) in [6.45, 7) is 4.73. The van der Waals surface area contributed by atoms with E-state index in [1.165, 1.54) is 66.0 Å². The molecule has 0 aliphatic heterocycles. The van der Waals surface area contributed by atoms with E-state index in [4.69, 9.17) is 4.42 Å². The second-order valence-electron chi connectivity index (χ2n) is 17.7. The normalized spacial score (nSPS) is 13.0. The number of hydrogen-bond acceptors (Lipinski definition) is 2. The third kappa shape index (κ3) is 5.41. The number of fused-ring (bicyclic) bond motifs is 10. The Kier molecular flexibility index (Phi) is 7.95. The number of anilines is 3. The van der Waals surface area contributed by atoms with Crippen LogP contribution in [0, 0.1) is 0 Å². The molecule has 0 bridgehead atoms. The van der Waals surface area contributed by atoms with Crippen LogP contribution in [0.4, 0.5) is 17.1 Å². The van der Waals surface area contributed by atoms with Gasteiger partial charge >= 0.3 is 0 Å². The number of furan rings is 1. The summed E-state index contributed by atoms with van der Waals surface area (Å²) < 4.78 is 8.99. The van der Waals surface area contributed by atoms with E-state index in [1.807, 2.05) is 0 Å². The van der Waals surface area contributed by atoms with Crippen molar-refractivity contribution in [3.63, 3.8) is 0 Å². The highest BCUT2D eigenvalue weighted by Gasteiger charge is 2.37. The summed E-state index contributed by atoms with van der Waals surface area (Å²) in [6.07, 6.45) is 0. The first-order chi connectivity index (χ1) is 31.5. The first kappa shape index (κ1) is 36.5. The fourth-order valence-electron chi connectivity index (χ4n) is 10.9. The molecule has 0 atom stereocenters. The Labute approximate surface area is 371 Å². The zero-order chi connectivity index (χ0) is 42.5. The average Bonchev–Trinajstić information content (AvgIpc) is 3.96. The van der Waals surface area contributed by atoms with Gasteiger partial charge in [-0.15, -0.1) is 0 Å². The van der Waals surface area contributed by atoms with Gasteiger partial charge < -0.3 is 13.9 Å². The third-order valence-corrected chi connectivity index (χ3v) is 13.8. The molecule has 0 N–H and O–H groups in total. The Balaban J connectivity index is 0.992. The van der Waals surface area contributed by atoms with E-state index in [0.717, 1.165) is 55.8 Å². The van der Waals surface area contributed by atoms with Crippen LogP contribution in [0.2, 0.25) is 0 Å². The van der Waals surface area contributed by atoms with Gasteiger partial charge in [0.15, 0.2) is 0 Å². The number of benzene rings is 10. The molecule has 0 unspecified atom stereocenters. The van der Waals surface area contributed by atoms with Crippen molar-refractivity contribution < 1.29 is 4.42 Å². The van der Waals surface area contributed by atoms with Crippen molar-refractivity contribution in [1.82, 2.24) is 4.57 Å². The molecule has 0 amide bonds. The predicted molar refractivity (Wildman–Crippen MR) is 269 cm³/mol. The van der Waals surface area contributed by atoms with Gasteiger partial charge in [0, 0.05) is 49.6 Å². The minimum absolute atomic E-state index is 0.116. The summed E-state index contributed by atoms with van der Waals surface area (Å²) >= 11 is 0. The maximum atomic E-state index is 6.61. The van der Waals surface area contributed by atoms with Crippen LogP contribution in [0.3, 0.4) is 0 Å². The molecule has 10 aromatic carbocycles. The van der Waals surface area contributed by atoms with Gasteiger partial charge in [0.05, 0.1) is 16.7 Å². The summed E-state index contributed by atoms with van der Waals surface area (Å²) in [7, 11) is 0. The topological polar surface area (TPSA) is 21.3 Å². The molecule has 64 heavy (non-hydrogen) atoms. The molecule has 12 aromatic rings. The van der Waals surface area contributed by atoms with Crippen molar-refractivity contribution in [1.29, 1.82) is 0 Å². The zero-order valence-electron chi connectivity index (χ0n) is 35.6. The number of hydrogen-bond donors (Lipinski definition) is 0. The van der Waals surface area contributed by atoms with Crippen molar-refractivity contribution in [2.24, 2.45) is 0 Å². The Morgan fingerprint density at radius 1 is 0.422 bits per heavy atom. The van der Waals surface area contributed by atoms with E-state index >= 15 is 0 Å². The molecular weight excluding hydrogens is 777 g/mol. The lowest BCUT2D eigenvalue weighted by Crippen LogP contribution is -2.16. The molecule has 13 rings (SSSR count). The van der Waals surface area contributed by atoms with Crippen LogP contribution in [-0.4, -0.2) is 4.57 Å². The van der Waals surface area contributed by atoms with Crippen molar-refractivity contribution in [3.05, 3.63) is 230 Å². The van der Waals surface area contributed by atoms with Gasteiger partial charge in [-0.1, -0.05) is 159 Å². The average molecular weight is 819 g/mol. The van der Waals surface area contributed by atoms with Crippen LogP contribution in [0.5, 0.6) is 0 Å². The maximum absolute atomic E-state index is 6.61. The minimum Gasteiger partial charge on any atom is -0.456 e. The molecule has 0 fully saturated rings. The molecule has 0 spiro atoms. The molecule has 3 heteroatoms. The predicted octanol–water partition coefficient (Wildman–Crippen LogP) is 16.9. The molecule has 1 aliphatic rings. The lowest BCUT2D eigenvalue weighted by atomic mass is 9.79. The third-order valence-electron chi connectivity index (χ3n) is 13.8. The number of nitrogens with zero attached hydrogens (tertiary/aromatic N) is 2. The maximum Gasteiger partial charge on any atom is 0.136 e. The van der Waals surface area contributed by atoms with Gasteiger partial charge in [-0.05, 0) is 123 Å². The first-order valence-electron chi connectivity index (χ1n) is 22.2. The highest BCUT2D eigenvalue weighted by molar-refractivity contribution is 6.17. The molecule has 3 nitrogen and oxygen atoms in total. The molecular formula is C61H42N2O. The van der Waals surface area contributed by atoms with Crippen LogP contribution < -0.4 is 4.90 Å².